The summed E-state index contributed by atoms with van der Waals surface area (Å²) in [5.41, 5.74) is 8.49. The van der Waals surface area contributed by atoms with Crippen LogP contribution in [0.25, 0.3) is 0 Å². The number of aryl methyl sites for hydroxylation is 1. The average Bonchev–Trinajstić information content (AvgIpc) is 3.15. The van der Waals surface area contributed by atoms with Crippen molar-refractivity contribution in [3.05, 3.63) is 17.0 Å². The second-order valence-corrected chi connectivity index (χ2v) is 8.91. The lowest BCUT2D eigenvalue weighted by Gasteiger charge is -2.19. The maximum absolute atomic E-state index is 12.7. The fraction of sp³-hybridized carbons (Fsp3) is 0.714. The predicted molar refractivity (Wildman–Crippen MR) is 87.4 cm³/mol. The summed E-state index contributed by atoms with van der Waals surface area (Å²) in [7, 11) is -3.17. The second kappa shape index (κ2) is 5.75. The van der Waals surface area contributed by atoms with Gasteiger partial charge in [0.15, 0.2) is 15.5 Å². The smallest absolute Gasteiger partial charge is 0.274 e. The van der Waals surface area contributed by atoms with Crippen molar-refractivity contribution in [1.82, 2.24) is 15.1 Å². The minimum atomic E-state index is -3.17. The summed E-state index contributed by atoms with van der Waals surface area (Å²) < 4.78 is 24.2. The lowest BCUT2D eigenvalue weighted by Crippen LogP contribution is -2.36. The van der Waals surface area contributed by atoms with Gasteiger partial charge in [0.05, 0.1) is 11.0 Å². The molecule has 1 aliphatic carbocycles. The van der Waals surface area contributed by atoms with Crippen molar-refractivity contribution < 1.29 is 13.2 Å². The van der Waals surface area contributed by atoms with E-state index in [1.165, 1.54) is 0 Å². The van der Waals surface area contributed by atoms with E-state index in [-0.39, 0.29) is 42.6 Å². The average molecular weight is 361 g/mol. The van der Waals surface area contributed by atoms with Crippen LogP contribution in [0.1, 0.15) is 34.6 Å². The summed E-state index contributed by atoms with van der Waals surface area (Å²) in [5, 5.41) is 6.66. The fourth-order valence-electron chi connectivity index (χ4n) is 4.08. The van der Waals surface area contributed by atoms with Crippen molar-refractivity contribution in [2.45, 2.75) is 37.0 Å². The maximum atomic E-state index is 12.7. The first-order valence-corrected chi connectivity index (χ1v) is 9.51. The first kappa shape index (κ1) is 16.7. The molecule has 2 saturated heterocycles. The number of aromatic amines is 1. The minimum absolute atomic E-state index is 0. The van der Waals surface area contributed by atoms with Gasteiger partial charge in [0.2, 0.25) is 0 Å². The normalized spacial score (nSPS) is 31.3. The lowest BCUT2D eigenvalue weighted by molar-refractivity contribution is 0.0778. The zero-order chi connectivity index (χ0) is 15.5. The Morgan fingerprint density at radius 1 is 1.26 bits per heavy atom. The van der Waals surface area contributed by atoms with Crippen molar-refractivity contribution in [3.63, 3.8) is 0 Å². The largest absolute Gasteiger partial charge is 0.336 e. The third-order valence-corrected chi connectivity index (χ3v) is 7.56. The number of sulfone groups is 1. The molecule has 1 amide bonds. The van der Waals surface area contributed by atoms with Gasteiger partial charge in [-0.25, -0.2) is 8.42 Å². The molecule has 0 unspecified atom stereocenters. The molecule has 9 heteroatoms. The standard InChI is InChI=1S/C14H20N4O3S.ClH/c15-10-7-22(20,21)12-6-18(5-9(10)12)14(19)13-8-3-1-2-4-11(8)16-17-13;/h9-10,12H,1-7,15H2,(H,16,17);1H/t9-,10+,12-;/m0./s1. The number of hydrogen-bond donors (Lipinski definition) is 2. The van der Waals surface area contributed by atoms with E-state index in [0.29, 0.717) is 12.2 Å². The molecular formula is C14H21ClN4O3S. The summed E-state index contributed by atoms with van der Waals surface area (Å²) in [6, 6.07) is -0.360. The quantitative estimate of drug-likeness (QED) is 0.727. The molecule has 1 aromatic heterocycles. The summed E-state index contributed by atoms with van der Waals surface area (Å²) in [5.74, 6) is -0.248. The topological polar surface area (TPSA) is 109 Å². The van der Waals surface area contributed by atoms with Crippen LogP contribution in [-0.2, 0) is 22.7 Å². The van der Waals surface area contributed by atoms with E-state index in [9.17, 15) is 13.2 Å². The molecule has 23 heavy (non-hydrogen) atoms. The van der Waals surface area contributed by atoms with Gasteiger partial charge in [0.1, 0.15) is 0 Å². The number of likely N-dealkylation sites (tertiary alicyclic amines) is 1. The Bertz CT molecular complexity index is 732. The number of fused-ring (bicyclic) bond motifs is 2. The summed E-state index contributed by atoms with van der Waals surface area (Å²) in [4.78, 5) is 14.4. The van der Waals surface area contributed by atoms with E-state index < -0.39 is 15.1 Å². The number of carbonyl (C=O) groups is 1. The number of nitrogens with two attached hydrogens (primary N) is 1. The minimum Gasteiger partial charge on any atom is -0.336 e. The monoisotopic (exact) mass is 360 g/mol. The van der Waals surface area contributed by atoms with E-state index >= 15 is 0 Å². The van der Waals surface area contributed by atoms with Crippen molar-refractivity contribution in [3.8, 4) is 0 Å². The lowest BCUT2D eigenvalue weighted by atomic mass is 9.95. The van der Waals surface area contributed by atoms with Crippen molar-refractivity contribution >= 4 is 28.2 Å². The summed E-state index contributed by atoms with van der Waals surface area (Å²) in [6.45, 7) is 0.673. The van der Waals surface area contributed by atoms with Crippen LogP contribution in [0.4, 0.5) is 0 Å². The first-order chi connectivity index (χ1) is 10.5. The van der Waals surface area contributed by atoms with E-state index in [2.05, 4.69) is 10.2 Å². The Kier molecular flexibility index (Phi) is 4.18. The number of amides is 1. The van der Waals surface area contributed by atoms with Crippen LogP contribution < -0.4 is 5.73 Å². The number of nitrogens with zero attached hydrogens (tertiary/aromatic N) is 2. The Morgan fingerprint density at radius 3 is 2.74 bits per heavy atom. The Balaban J connectivity index is 0.00000156. The molecule has 2 fully saturated rings. The summed E-state index contributed by atoms with van der Waals surface area (Å²) in [6.07, 6.45) is 3.98. The van der Waals surface area contributed by atoms with Gasteiger partial charge in [-0.1, -0.05) is 0 Å². The van der Waals surface area contributed by atoms with Crippen LogP contribution in [-0.4, -0.2) is 59.6 Å². The molecular weight excluding hydrogens is 340 g/mol. The van der Waals surface area contributed by atoms with Gasteiger partial charge in [0, 0.05) is 36.3 Å². The molecule has 3 aliphatic rings. The Hall–Kier alpha value is -1.12. The maximum Gasteiger partial charge on any atom is 0.274 e. The highest BCUT2D eigenvalue weighted by atomic mass is 35.5. The molecule has 3 heterocycles. The zero-order valence-corrected chi connectivity index (χ0v) is 14.3. The number of H-pyrrole nitrogens is 1. The fourth-order valence-corrected chi connectivity index (χ4v) is 6.34. The van der Waals surface area contributed by atoms with Crippen LogP contribution in [0, 0.1) is 5.92 Å². The highest BCUT2D eigenvalue weighted by molar-refractivity contribution is 7.92. The molecule has 0 aromatic carbocycles. The zero-order valence-electron chi connectivity index (χ0n) is 12.7. The van der Waals surface area contributed by atoms with Gasteiger partial charge in [-0.15, -0.1) is 12.4 Å². The van der Waals surface area contributed by atoms with Crippen molar-refractivity contribution in [2.24, 2.45) is 11.7 Å². The highest BCUT2D eigenvalue weighted by Crippen LogP contribution is 2.34. The number of hydrogen-bond acceptors (Lipinski definition) is 5. The molecule has 0 radical (unpaired) electrons. The molecule has 128 valence electrons. The van der Waals surface area contributed by atoms with E-state index in [0.717, 1.165) is 36.9 Å². The molecule has 7 nitrogen and oxygen atoms in total. The Labute approximate surface area is 141 Å². The van der Waals surface area contributed by atoms with Gasteiger partial charge >= 0.3 is 0 Å². The van der Waals surface area contributed by atoms with Crippen LogP contribution in [0.15, 0.2) is 0 Å². The SMILES string of the molecule is Cl.N[C@@H]1CS(=O)(=O)[C@H]2CN(C(=O)c3n[nH]c4c3CCCC4)C[C@@H]12. The number of aromatic nitrogens is 2. The third-order valence-electron chi connectivity index (χ3n) is 5.29. The second-order valence-electron chi connectivity index (χ2n) is 6.64. The van der Waals surface area contributed by atoms with E-state index in [4.69, 9.17) is 5.73 Å². The molecule has 1 aromatic rings. The van der Waals surface area contributed by atoms with Crippen LogP contribution in [0.5, 0.6) is 0 Å². The molecule has 0 bridgehead atoms. The van der Waals surface area contributed by atoms with Crippen LogP contribution in [0.2, 0.25) is 0 Å². The van der Waals surface area contributed by atoms with E-state index in [1.54, 1.807) is 4.90 Å². The number of rotatable bonds is 1. The third kappa shape index (κ3) is 2.56. The molecule has 0 spiro atoms. The van der Waals surface area contributed by atoms with Crippen LogP contribution >= 0.6 is 12.4 Å². The van der Waals surface area contributed by atoms with Gasteiger partial charge in [-0.2, -0.15) is 5.10 Å². The molecule has 4 rings (SSSR count). The molecule has 2 aliphatic heterocycles. The molecule has 3 atom stereocenters. The van der Waals surface area contributed by atoms with Crippen molar-refractivity contribution in [1.29, 1.82) is 0 Å². The summed E-state index contributed by atoms with van der Waals surface area (Å²) >= 11 is 0. The van der Waals surface area contributed by atoms with Gasteiger partial charge in [-0.05, 0) is 25.7 Å². The van der Waals surface area contributed by atoms with E-state index in [1.807, 2.05) is 0 Å². The van der Waals surface area contributed by atoms with Gasteiger partial charge < -0.3 is 10.6 Å². The predicted octanol–water partition coefficient (Wildman–Crippen LogP) is -0.0934. The number of carbonyl (C=O) groups excluding carboxylic acids is 1. The number of halogens is 1. The number of nitrogens with one attached hydrogen (secondary N) is 1. The van der Waals surface area contributed by atoms with Crippen LogP contribution in [0.3, 0.4) is 0 Å². The van der Waals surface area contributed by atoms with Crippen molar-refractivity contribution in [2.75, 3.05) is 18.8 Å². The molecule has 3 N–H and O–H groups in total. The van der Waals surface area contributed by atoms with Gasteiger partial charge in [-0.3, -0.25) is 9.89 Å². The Morgan fingerprint density at radius 2 is 2.00 bits per heavy atom. The first-order valence-electron chi connectivity index (χ1n) is 7.80. The van der Waals surface area contributed by atoms with Gasteiger partial charge in [0.25, 0.3) is 5.91 Å². The molecule has 0 saturated carbocycles. The highest BCUT2D eigenvalue weighted by Gasteiger charge is 2.52.